The molecule has 2 amide bonds. The molecule has 6 nitrogen and oxygen atoms in total. The van der Waals surface area contributed by atoms with Gasteiger partial charge >= 0.3 is 0 Å². The SMILES string of the molecule is CC1CC(C)CN(C(=O)CN2CCN(CC(=O)NC(C)c3ccccc3Cl)CC2)C1. The number of nitrogens with one attached hydrogen (secondary N) is 1. The topological polar surface area (TPSA) is 55.9 Å². The number of amides is 2. The summed E-state index contributed by atoms with van der Waals surface area (Å²) in [5, 5.41) is 3.71. The minimum atomic E-state index is -0.126. The van der Waals surface area contributed by atoms with Crippen molar-refractivity contribution in [2.24, 2.45) is 11.8 Å². The number of piperazine rings is 1. The van der Waals surface area contributed by atoms with Gasteiger partial charge in [-0.1, -0.05) is 43.6 Å². The molecule has 1 N–H and O–H groups in total. The van der Waals surface area contributed by atoms with Gasteiger partial charge in [0.05, 0.1) is 19.1 Å². The Morgan fingerprint density at radius 3 is 2.20 bits per heavy atom. The molecule has 2 aliphatic rings. The predicted octanol–water partition coefficient (Wildman–Crippen LogP) is 2.64. The Morgan fingerprint density at radius 2 is 1.60 bits per heavy atom. The van der Waals surface area contributed by atoms with Crippen LogP contribution in [0.5, 0.6) is 0 Å². The normalized spacial score (nSPS) is 24.5. The van der Waals surface area contributed by atoms with E-state index in [-0.39, 0.29) is 17.9 Å². The number of hydrogen-bond donors (Lipinski definition) is 1. The quantitative estimate of drug-likeness (QED) is 0.747. The van der Waals surface area contributed by atoms with E-state index in [0.717, 1.165) is 44.8 Å². The Labute approximate surface area is 185 Å². The average molecular weight is 435 g/mol. The van der Waals surface area contributed by atoms with Gasteiger partial charge in [0.25, 0.3) is 0 Å². The highest BCUT2D eigenvalue weighted by Crippen LogP contribution is 2.22. The van der Waals surface area contributed by atoms with Gasteiger partial charge in [0.2, 0.25) is 11.8 Å². The van der Waals surface area contributed by atoms with Crippen LogP contribution in [0, 0.1) is 11.8 Å². The number of nitrogens with zero attached hydrogens (tertiary/aromatic N) is 3. The fourth-order valence-electron chi connectivity index (χ4n) is 4.66. The van der Waals surface area contributed by atoms with Gasteiger partial charge in [-0.15, -0.1) is 0 Å². The van der Waals surface area contributed by atoms with Crippen LogP contribution in [0.3, 0.4) is 0 Å². The fourth-order valence-corrected chi connectivity index (χ4v) is 4.96. The summed E-state index contributed by atoms with van der Waals surface area (Å²) in [4.78, 5) is 31.6. The number of rotatable bonds is 6. The second-order valence-electron chi connectivity index (χ2n) is 9.11. The van der Waals surface area contributed by atoms with Crippen LogP contribution in [0.25, 0.3) is 0 Å². The number of carbonyl (C=O) groups is 2. The Balaban J connectivity index is 1.39. The zero-order chi connectivity index (χ0) is 21.7. The van der Waals surface area contributed by atoms with E-state index >= 15 is 0 Å². The maximum absolute atomic E-state index is 12.7. The lowest BCUT2D eigenvalue weighted by Crippen LogP contribution is -2.53. The van der Waals surface area contributed by atoms with Crippen LogP contribution in [-0.4, -0.2) is 78.9 Å². The van der Waals surface area contributed by atoms with E-state index in [1.165, 1.54) is 6.42 Å². The molecule has 3 unspecified atom stereocenters. The lowest BCUT2D eigenvalue weighted by Gasteiger charge is -2.38. The van der Waals surface area contributed by atoms with Crippen LogP contribution < -0.4 is 5.32 Å². The van der Waals surface area contributed by atoms with Crippen LogP contribution in [0.2, 0.25) is 5.02 Å². The molecule has 0 saturated carbocycles. The standard InChI is InChI=1S/C23H35ClN4O2/c1-17-12-18(2)14-28(13-17)23(30)16-27-10-8-26(9-11-27)15-22(29)25-19(3)20-6-4-5-7-21(20)24/h4-7,17-19H,8-16H2,1-3H3,(H,25,29). The summed E-state index contributed by atoms with van der Waals surface area (Å²) in [6.45, 7) is 12.3. The average Bonchev–Trinajstić information content (AvgIpc) is 2.69. The van der Waals surface area contributed by atoms with Crippen molar-refractivity contribution < 1.29 is 9.59 Å². The van der Waals surface area contributed by atoms with Gasteiger partial charge in [-0.25, -0.2) is 0 Å². The summed E-state index contributed by atoms with van der Waals surface area (Å²) in [7, 11) is 0. The lowest BCUT2D eigenvalue weighted by molar-refractivity contribution is -0.135. The highest BCUT2D eigenvalue weighted by atomic mass is 35.5. The number of piperidine rings is 1. The van der Waals surface area contributed by atoms with Gasteiger partial charge in [-0.3, -0.25) is 19.4 Å². The smallest absolute Gasteiger partial charge is 0.236 e. The maximum Gasteiger partial charge on any atom is 0.236 e. The molecule has 7 heteroatoms. The largest absolute Gasteiger partial charge is 0.348 e. The van der Waals surface area contributed by atoms with Crippen LogP contribution in [0.15, 0.2) is 24.3 Å². The van der Waals surface area contributed by atoms with Gasteiger partial charge in [0.15, 0.2) is 0 Å². The molecule has 0 aromatic heterocycles. The molecule has 30 heavy (non-hydrogen) atoms. The molecule has 2 aliphatic heterocycles. The molecule has 0 bridgehead atoms. The number of likely N-dealkylation sites (tertiary alicyclic amines) is 1. The van der Waals surface area contributed by atoms with E-state index in [1.54, 1.807) is 0 Å². The van der Waals surface area contributed by atoms with Crippen LogP contribution >= 0.6 is 11.6 Å². The van der Waals surface area contributed by atoms with E-state index in [1.807, 2.05) is 36.1 Å². The molecule has 0 aliphatic carbocycles. The number of hydrogen-bond acceptors (Lipinski definition) is 4. The minimum Gasteiger partial charge on any atom is -0.348 e. The lowest BCUT2D eigenvalue weighted by atomic mass is 9.92. The number of carbonyl (C=O) groups excluding carboxylic acids is 2. The van der Waals surface area contributed by atoms with Crippen molar-refractivity contribution >= 4 is 23.4 Å². The third-order valence-electron chi connectivity index (χ3n) is 6.16. The zero-order valence-electron chi connectivity index (χ0n) is 18.4. The first-order valence-electron chi connectivity index (χ1n) is 11.1. The number of benzene rings is 1. The second kappa shape index (κ2) is 10.6. The molecule has 0 radical (unpaired) electrons. The van der Waals surface area contributed by atoms with Gasteiger partial charge < -0.3 is 10.2 Å². The molecule has 3 rings (SSSR count). The van der Waals surface area contributed by atoms with E-state index in [4.69, 9.17) is 11.6 Å². The molecular weight excluding hydrogens is 400 g/mol. The van der Waals surface area contributed by atoms with Gasteiger partial charge in [-0.05, 0) is 36.8 Å². The second-order valence-corrected chi connectivity index (χ2v) is 9.51. The fraction of sp³-hybridized carbons (Fsp3) is 0.652. The molecule has 1 aromatic rings. The third-order valence-corrected chi connectivity index (χ3v) is 6.51. The molecule has 2 fully saturated rings. The van der Waals surface area contributed by atoms with E-state index in [0.29, 0.717) is 29.9 Å². The van der Waals surface area contributed by atoms with Gasteiger partial charge in [0, 0.05) is 44.3 Å². The minimum absolute atomic E-state index is 0.00300. The molecule has 1 aromatic carbocycles. The molecule has 2 heterocycles. The first kappa shape index (κ1) is 23.0. The van der Waals surface area contributed by atoms with Crippen LogP contribution in [0.4, 0.5) is 0 Å². The summed E-state index contributed by atoms with van der Waals surface area (Å²) < 4.78 is 0. The van der Waals surface area contributed by atoms with Crippen molar-refractivity contribution in [1.82, 2.24) is 20.0 Å². The molecule has 166 valence electrons. The summed E-state index contributed by atoms with van der Waals surface area (Å²) >= 11 is 6.23. The highest BCUT2D eigenvalue weighted by Gasteiger charge is 2.28. The Morgan fingerprint density at radius 1 is 1.03 bits per heavy atom. The van der Waals surface area contributed by atoms with Crippen LogP contribution in [-0.2, 0) is 9.59 Å². The monoisotopic (exact) mass is 434 g/mol. The molecule has 2 saturated heterocycles. The number of halogens is 1. The van der Waals surface area contributed by atoms with Crippen molar-refractivity contribution in [3.05, 3.63) is 34.9 Å². The van der Waals surface area contributed by atoms with Crippen molar-refractivity contribution in [2.75, 3.05) is 52.4 Å². The van der Waals surface area contributed by atoms with E-state index < -0.39 is 0 Å². The Hall–Kier alpha value is -1.63. The Kier molecular flexibility index (Phi) is 8.14. The summed E-state index contributed by atoms with van der Waals surface area (Å²) in [6.07, 6.45) is 1.21. The predicted molar refractivity (Wildman–Crippen MR) is 120 cm³/mol. The van der Waals surface area contributed by atoms with Crippen molar-refractivity contribution in [3.63, 3.8) is 0 Å². The third kappa shape index (κ3) is 6.43. The first-order chi connectivity index (χ1) is 14.3. The highest BCUT2D eigenvalue weighted by molar-refractivity contribution is 6.31. The summed E-state index contributed by atoms with van der Waals surface area (Å²) in [5.41, 5.74) is 0.928. The van der Waals surface area contributed by atoms with Gasteiger partial charge in [-0.2, -0.15) is 0 Å². The zero-order valence-corrected chi connectivity index (χ0v) is 19.2. The van der Waals surface area contributed by atoms with Crippen LogP contribution in [0.1, 0.15) is 38.8 Å². The van der Waals surface area contributed by atoms with Crippen molar-refractivity contribution in [1.29, 1.82) is 0 Å². The first-order valence-corrected chi connectivity index (χ1v) is 11.5. The molecule has 0 spiro atoms. The van der Waals surface area contributed by atoms with E-state index in [9.17, 15) is 9.59 Å². The Bertz CT molecular complexity index is 726. The molecule has 3 atom stereocenters. The van der Waals surface area contributed by atoms with Crippen molar-refractivity contribution in [3.8, 4) is 0 Å². The molecular formula is C23H35ClN4O2. The van der Waals surface area contributed by atoms with Gasteiger partial charge in [0.1, 0.15) is 0 Å². The maximum atomic E-state index is 12.7. The summed E-state index contributed by atoms with van der Waals surface area (Å²) in [6, 6.07) is 7.46. The van der Waals surface area contributed by atoms with Crippen molar-refractivity contribution in [2.45, 2.75) is 33.2 Å². The summed E-state index contributed by atoms with van der Waals surface area (Å²) in [5.74, 6) is 1.42. The van der Waals surface area contributed by atoms with E-state index in [2.05, 4.69) is 29.0 Å².